The number of nitrogens with two attached hydrogens (primary N) is 1. The first-order valence-electron chi connectivity index (χ1n) is 7.31. The average molecular weight is 279 g/mol. The molecule has 0 aromatic rings. The van der Waals surface area contributed by atoms with Gasteiger partial charge in [0.15, 0.2) is 0 Å². The molecule has 0 saturated carbocycles. The van der Waals surface area contributed by atoms with Gasteiger partial charge < -0.3 is 4.84 Å². The van der Waals surface area contributed by atoms with Crippen LogP contribution >= 0.6 is 0 Å². The Labute approximate surface area is 140 Å². The summed E-state index contributed by atoms with van der Waals surface area (Å²) >= 11 is 0. The van der Waals surface area contributed by atoms with Crippen molar-refractivity contribution < 1.29 is 9.63 Å². The monoisotopic (exact) mass is 279 g/mol. The van der Waals surface area contributed by atoms with Crippen LogP contribution in [-0.4, -0.2) is 35.5 Å². The zero-order chi connectivity index (χ0) is 13.6. The molecule has 3 nitrogen and oxygen atoms in total. The van der Waals surface area contributed by atoms with E-state index in [0.717, 1.165) is 12.8 Å². The Balaban J connectivity index is 0. The van der Waals surface area contributed by atoms with Crippen molar-refractivity contribution in [1.82, 2.24) is 0 Å². The molecule has 0 amide bonds. The summed E-state index contributed by atoms with van der Waals surface area (Å²) in [4.78, 5) is 15.1. The fourth-order valence-corrected chi connectivity index (χ4v) is 2.01. The topological polar surface area (TPSA) is 52.3 Å². The zero-order valence-corrected chi connectivity index (χ0v) is 11.9. The Hall–Kier alpha value is 0.170. The van der Waals surface area contributed by atoms with Crippen LogP contribution < -0.4 is 5.90 Å². The van der Waals surface area contributed by atoms with Crippen LogP contribution in [0.4, 0.5) is 0 Å². The maximum atomic E-state index is 11.0. The molecule has 108 valence electrons. The van der Waals surface area contributed by atoms with Crippen molar-refractivity contribution in [3.63, 3.8) is 0 Å². The molecule has 0 aliphatic heterocycles. The van der Waals surface area contributed by atoms with Crippen LogP contribution in [0.5, 0.6) is 0 Å². The normalized spacial score (nSPS) is 9.79. The van der Waals surface area contributed by atoms with Gasteiger partial charge in [0, 0.05) is 5.57 Å². The third-order valence-corrected chi connectivity index (χ3v) is 3.23. The van der Waals surface area contributed by atoms with Crippen molar-refractivity contribution in [2.75, 3.05) is 0 Å². The number of hydrogen-bond donors (Lipinski definition) is 1. The minimum atomic E-state index is -0.481. The van der Waals surface area contributed by atoms with Gasteiger partial charge in [-0.1, -0.05) is 71.3 Å². The summed E-state index contributed by atoms with van der Waals surface area (Å²) in [6, 6.07) is 0. The van der Waals surface area contributed by atoms with E-state index in [-0.39, 0.29) is 29.6 Å². The molecule has 2 N–H and O–H groups in total. The molecule has 0 atom stereocenters. The first-order valence-corrected chi connectivity index (χ1v) is 7.31. The van der Waals surface area contributed by atoms with Gasteiger partial charge in [-0.05, 0) is 12.8 Å². The van der Waals surface area contributed by atoms with E-state index in [2.05, 4.69) is 18.3 Å². The molecular formula is C15H30NNaO2. The summed E-state index contributed by atoms with van der Waals surface area (Å²) in [5.74, 6) is 4.30. The molecule has 0 bridgehead atoms. The molecule has 0 spiro atoms. The number of hydrogen-bond acceptors (Lipinski definition) is 3. The van der Waals surface area contributed by atoms with E-state index >= 15 is 0 Å². The molecule has 0 radical (unpaired) electrons. The van der Waals surface area contributed by atoms with E-state index in [1.54, 1.807) is 0 Å². The summed E-state index contributed by atoms with van der Waals surface area (Å²) in [7, 11) is 0. The summed E-state index contributed by atoms with van der Waals surface area (Å²) in [5.41, 5.74) is 0.483. The fourth-order valence-electron chi connectivity index (χ4n) is 2.01. The molecule has 0 saturated heterocycles. The second-order valence-corrected chi connectivity index (χ2v) is 4.94. The van der Waals surface area contributed by atoms with E-state index in [1.165, 1.54) is 51.4 Å². The van der Waals surface area contributed by atoms with Gasteiger partial charge in [0.2, 0.25) is 0 Å². The first kappa shape index (κ1) is 21.5. The van der Waals surface area contributed by atoms with Crippen LogP contribution in [0, 0.1) is 0 Å². The molecule has 19 heavy (non-hydrogen) atoms. The third-order valence-electron chi connectivity index (χ3n) is 3.23. The van der Waals surface area contributed by atoms with Crippen molar-refractivity contribution in [2.24, 2.45) is 5.90 Å². The molecule has 0 aliphatic rings. The Kier molecular flexibility index (Phi) is 18.3. The van der Waals surface area contributed by atoms with Crippen LogP contribution in [0.2, 0.25) is 0 Å². The molecule has 0 unspecified atom stereocenters. The Morgan fingerprint density at radius 1 is 0.947 bits per heavy atom. The summed E-state index contributed by atoms with van der Waals surface area (Å²) in [5, 5.41) is 0. The standard InChI is InChI=1S/C15H29NO2.Na.H/c1-3-4-5-6-7-8-9-10-11-12-13-14(2)15(17)18-16;;/h2-13,16H2,1H3;;. The molecule has 0 fully saturated rings. The van der Waals surface area contributed by atoms with E-state index in [9.17, 15) is 4.79 Å². The molecule has 0 aromatic carbocycles. The van der Waals surface area contributed by atoms with Crippen molar-refractivity contribution >= 4 is 35.5 Å². The SMILES string of the molecule is C=C(CCCCCCCCCCCC)C(=O)ON.[NaH]. The van der Waals surface area contributed by atoms with Crippen molar-refractivity contribution in [3.05, 3.63) is 12.2 Å². The minimum absolute atomic E-state index is 0. The van der Waals surface area contributed by atoms with Gasteiger partial charge in [0.25, 0.3) is 0 Å². The van der Waals surface area contributed by atoms with Crippen LogP contribution in [0.15, 0.2) is 12.2 Å². The second-order valence-electron chi connectivity index (χ2n) is 4.94. The first-order chi connectivity index (χ1) is 8.72. The number of carbonyl (C=O) groups is 1. The quantitative estimate of drug-likeness (QED) is 0.257. The zero-order valence-electron chi connectivity index (χ0n) is 11.9. The van der Waals surface area contributed by atoms with Crippen molar-refractivity contribution in [1.29, 1.82) is 0 Å². The van der Waals surface area contributed by atoms with Gasteiger partial charge in [-0.25, -0.2) is 4.79 Å². The average Bonchev–Trinajstić information content (AvgIpc) is 2.39. The van der Waals surface area contributed by atoms with Crippen LogP contribution in [0.1, 0.15) is 77.6 Å². The van der Waals surface area contributed by atoms with Crippen molar-refractivity contribution in [2.45, 2.75) is 77.6 Å². The van der Waals surface area contributed by atoms with Crippen LogP contribution in [0.25, 0.3) is 0 Å². The van der Waals surface area contributed by atoms with Gasteiger partial charge in [0.1, 0.15) is 0 Å². The van der Waals surface area contributed by atoms with Gasteiger partial charge in [-0.3, -0.25) is 0 Å². The molecular weight excluding hydrogens is 249 g/mol. The molecule has 0 aliphatic carbocycles. The van der Waals surface area contributed by atoms with E-state index in [0.29, 0.717) is 12.0 Å². The molecule has 0 aromatic heterocycles. The Morgan fingerprint density at radius 3 is 1.79 bits per heavy atom. The third kappa shape index (κ3) is 14.4. The second kappa shape index (κ2) is 16.2. The van der Waals surface area contributed by atoms with Crippen LogP contribution in [0.3, 0.4) is 0 Å². The summed E-state index contributed by atoms with van der Waals surface area (Å²) < 4.78 is 0. The predicted molar refractivity (Wildman–Crippen MR) is 83.0 cm³/mol. The van der Waals surface area contributed by atoms with E-state index in [1.807, 2.05) is 0 Å². The maximum absolute atomic E-state index is 11.0. The Morgan fingerprint density at radius 2 is 1.37 bits per heavy atom. The molecule has 0 heterocycles. The summed E-state index contributed by atoms with van der Waals surface area (Å²) in [6.07, 6.45) is 13.6. The van der Waals surface area contributed by atoms with Crippen molar-refractivity contribution in [3.8, 4) is 0 Å². The summed E-state index contributed by atoms with van der Waals surface area (Å²) in [6.45, 7) is 5.89. The number of rotatable bonds is 12. The van der Waals surface area contributed by atoms with Crippen LogP contribution in [-0.2, 0) is 9.63 Å². The molecule has 4 heteroatoms. The predicted octanol–water partition coefficient (Wildman–Crippen LogP) is 3.62. The van der Waals surface area contributed by atoms with Gasteiger partial charge in [-0.2, -0.15) is 5.90 Å². The van der Waals surface area contributed by atoms with E-state index in [4.69, 9.17) is 5.90 Å². The number of unbranched alkanes of at least 4 members (excludes halogenated alkanes) is 9. The van der Waals surface area contributed by atoms with Gasteiger partial charge >= 0.3 is 35.5 Å². The Bertz CT molecular complexity index is 232. The number of carbonyl (C=O) groups excluding carboxylic acids is 1. The van der Waals surface area contributed by atoms with E-state index < -0.39 is 5.97 Å². The fraction of sp³-hybridized carbons (Fsp3) is 0.800. The molecule has 0 rings (SSSR count). The van der Waals surface area contributed by atoms with Gasteiger partial charge in [0.05, 0.1) is 0 Å². The van der Waals surface area contributed by atoms with Gasteiger partial charge in [-0.15, -0.1) is 0 Å².